The van der Waals surface area contributed by atoms with Gasteiger partial charge in [0.15, 0.2) is 6.10 Å². The van der Waals surface area contributed by atoms with Crippen molar-refractivity contribution in [2.75, 3.05) is 13.2 Å². The summed E-state index contributed by atoms with van der Waals surface area (Å²) in [6, 6.07) is 0. The van der Waals surface area contributed by atoms with Crippen LogP contribution in [0.2, 0.25) is 0 Å². The normalized spacial score (nSPS) is 13.0. The van der Waals surface area contributed by atoms with Gasteiger partial charge in [-0.25, -0.2) is 0 Å². The van der Waals surface area contributed by atoms with Crippen molar-refractivity contribution in [1.29, 1.82) is 0 Å². The Labute approximate surface area is 431 Å². The fourth-order valence-electron chi connectivity index (χ4n) is 7.50. The van der Waals surface area contributed by atoms with Crippen LogP contribution < -0.4 is 0 Å². The molecule has 0 aromatic rings. The van der Waals surface area contributed by atoms with Crippen LogP contribution >= 0.6 is 0 Å². The van der Waals surface area contributed by atoms with E-state index in [4.69, 9.17) is 14.2 Å². The Morgan fingerprint density at radius 3 is 0.914 bits per heavy atom. The maximum Gasteiger partial charge on any atom is 0.306 e. The van der Waals surface area contributed by atoms with Crippen molar-refractivity contribution in [3.05, 3.63) is 122 Å². The molecule has 6 heteroatoms. The van der Waals surface area contributed by atoms with Gasteiger partial charge in [0.25, 0.3) is 0 Å². The highest BCUT2D eigenvalue weighted by Crippen LogP contribution is 2.14. The van der Waals surface area contributed by atoms with Gasteiger partial charge in [-0.2, -0.15) is 0 Å². The van der Waals surface area contributed by atoms with Crippen molar-refractivity contribution in [3.8, 4) is 0 Å². The second-order valence-corrected chi connectivity index (χ2v) is 18.4. The fourth-order valence-corrected chi connectivity index (χ4v) is 7.50. The zero-order valence-corrected chi connectivity index (χ0v) is 45.2. The van der Waals surface area contributed by atoms with Gasteiger partial charge in [0.05, 0.1) is 0 Å². The first kappa shape index (κ1) is 65.8. The van der Waals surface area contributed by atoms with Gasteiger partial charge >= 0.3 is 17.9 Å². The lowest BCUT2D eigenvalue weighted by Gasteiger charge is -2.18. The summed E-state index contributed by atoms with van der Waals surface area (Å²) in [6.45, 7) is 6.35. The fraction of sp³-hybridized carbons (Fsp3) is 0.641. The van der Waals surface area contributed by atoms with Gasteiger partial charge in [-0.15, -0.1) is 0 Å². The Morgan fingerprint density at radius 2 is 0.571 bits per heavy atom. The van der Waals surface area contributed by atoms with Crippen LogP contribution in [0.1, 0.15) is 245 Å². The Bertz CT molecular complexity index is 1490. The third-order valence-electron chi connectivity index (χ3n) is 11.7. The molecule has 0 bridgehead atoms. The predicted octanol–water partition coefficient (Wildman–Crippen LogP) is 19.3. The van der Waals surface area contributed by atoms with Gasteiger partial charge in [-0.3, -0.25) is 14.4 Å². The van der Waals surface area contributed by atoms with Crippen molar-refractivity contribution in [2.45, 2.75) is 252 Å². The van der Waals surface area contributed by atoms with Crippen LogP contribution in [0.25, 0.3) is 0 Å². The van der Waals surface area contributed by atoms with Crippen LogP contribution in [0.4, 0.5) is 0 Å². The highest BCUT2D eigenvalue weighted by atomic mass is 16.6. The summed E-state index contributed by atoms with van der Waals surface area (Å²) >= 11 is 0. The lowest BCUT2D eigenvalue weighted by molar-refractivity contribution is -0.167. The van der Waals surface area contributed by atoms with E-state index in [9.17, 15) is 14.4 Å². The van der Waals surface area contributed by atoms with Crippen LogP contribution in [-0.2, 0) is 28.6 Å². The summed E-state index contributed by atoms with van der Waals surface area (Å²) in [6.07, 6.45) is 79.1. The molecular formula is C64H104O6. The van der Waals surface area contributed by atoms with Crippen LogP contribution in [-0.4, -0.2) is 37.2 Å². The smallest absolute Gasteiger partial charge is 0.306 e. The summed E-state index contributed by atoms with van der Waals surface area (Å²) in [4.78, 5) is 38.1. The molecule has 0 saturated heterocycles. The van der Waals surface area contributed by atoms with E-state index >= 15 is 0 Å². The Kier molecular flexibility index (Phi) is 54.0. The first-order chi connectivity index (χ1) is 34.5. The molecule has 0 aromatic carbocycles. The van der Waals surface area contributed by atoms with Gasteiger partial charge in [0.1, 0.15) is 13.2 Å². The highest BCUT2D eigenvalue weighted by molar-refractivity contribution is 5.71. The average molecular weight is 970 g/mol. The molecule has 0 N–H and O–H groups in total. The molecule has 396 valence electrons. The average Bonchev–Trinajstić information content (AvgIpc) is 3.36. The molecule has 0 radical (unpaired) electrons. The third-order valence-corrected chi connectivity index (χ3v) is 11.7. The molecule has 70 heavy (non-hydrogen) atoms. The quantitative estimate of drug-likeness (QED) is 0.0262. The summed E-state index contributed by atoms with van der Waals surface area (Å²) in [7, 11) is 0. The zero-order valence-electron chi connectivity index (χ0n) is 45.2. The van der Waals surface area contributed by atoms with Gasteiger partial charge in [-0.05, 0) is 103 Å². The Balaban J connectivity index is 4.45. The van der Waals surface area contributed by atoms with E-state index in [1.165, 1.54) is 83.5 Å². The lowest BCUT2D eigenvalue weighted by atomic mass is 10.0. The molecule has 6 nitrogen and oxygen atoms in total. The zero-order chi connectivity index (χ0) is 50.7. The second-order valence-electron chi connectivity index (χ2n) is 18.4. The molecule has 1 unspecified atom stereocenters. The third kappa shape index (κ3) is 54.7. The number of esters is 3. The number of hydrogen-bond donors (Lipinski definition) is 0. The molecule has 0 fully saturated rings. The molecule has 0 amide bonds. The maximum atomic E-state index is 12.8. The van der Waals surface area contributed by atoms with Crippen LogP contribution in [0.3, 0.4) is 0 Å². The molecule has 0 spiro atoms. The van der Waals surface area contributed by atoms with E-state index < -0.39 is 6.10 Å². The van der Waals surface area contributed by atoms with Gasteiger partial charge in [0, 0.05) is 19.3 Å². The molecule has 1 atom stereocenters. The number of carbonyl (C=O) groups is 3. The molecule has 0 saturated carbocycles. The van der Waals surface area contributed by atoms with Gasteiger partial charge in [0.2, 0.25) is 0 Å². The lowest BCUT2D eigenvalue weighted by Crippen LogP contribution is -2.30. The van der Waals surface area contributed by atoms with E-state index in [1.54, 1.807) is 0 Å². The van der Waals surface area contributed by atoms with Gasteiger partial charge in [-0.1, -0.05) is 245 Å². The maximum absolute atomic E-state index is 12.8. The number of ether oxygens (including phenoxy) is 3. The highest BCUT2D eigenvalue weighted by Gasteiger charge is 2.19. The molecule has 0 rings (SSSR count). The minimum atomic E-state index is -0.814. The van der Waals surface area contributed by atoms with E-state index in [2.05, 4.69) is 142 Å². The first-order valence-corrected chi connectivity index (χ1v) is 28.5. The number of unbranched alkanes of at least 4 members (excludes halogenated alkanes) is 19. The molecular weight excluding hydrogens is 865 g/mol. The topological polar surface area (TPSA) is 78.9 Å². The Morgan fingerprint density at radius 1 is 0.300 bits per heavy atom. The van der Waals surface area contributed by atoms with E-state index in [1.807, 2.05) is 0 Å². The monoisotopic (exact) mass is 969 g/mol. The van der Waals surface area contributed by atoms with Crippen molar-refractivity contribution in [3.63, 3.8) is 0 Å². The Hall–Kier alpha value is -4.19. The molecule has 0 aliphatic heterocycles. The van der Waals surface area contributed by atoms with E-state index in [-0.39, 0.29) is 37.5 Å². The largest absolute Gasteiger partial charge is 0.462 e. The van der Waals surface area contributed by atoms with Crippen LogP contribution in [0.5, 0.6) is 0 Å². The molecule has 0 aromatic heterocycles. The van der Waals surface area contributed by atoms with E-state index in [0.717, 1.165) is 116 Å². The SMILES string of the molecule is CC/C=C\C/C=C\C/C=C\C/C=C\C/C=C\CCCCCCCCCC(=O)OCC(COC(=O)CCCCCCCCCCCCCC)OC(=O)CCC/C=C\C/C=C\C/C=C\C/C=C\C/C=C\CC. The molecule has 0 aliphatic carbocycles. The van der Waals surface area contributed by atoms with Gasteiger partial charge < -0.3 is 14.2 Å². The van der Waals surface area contributed by atoms with Crippen LogP contribution in [0.15, 0.2) is 122 Å². The number of hydrogen-bond acceptors (Lipinski definition) is 6. The van der Waals surface area contributed by atoms with Crippen LogP contribution in [0, 0.1) is 0 Å². The van der Waals surface area contributed by atoms with Crippen molar-refractivity contribution < 1.29 is 28.6 Å². The minimum absolute atomic E-state index is 0.105. The standard InChI is InChI=1S/C64H104O6/c1-4-7-10-13-16-19-22-25-27-29-30-31-32-33-34-36-37-39-42-45-48-51-54-57-63(66)69-60-61(59-68-62(65)56-53-50-47-44-41-24-21-18-15-12-9-6-3)70-64(67)58-55-52-49-46-43-40-38-35-28-26-23-20-17-14-11-8-5-2/h7-8,10-11,16-17,19-20,25-28,30-31,33-34,38,40,46,49,61H,4-6,9,12-15,18,21-24,29,32,35-37,39,41-45,47-48,50-60H2,1-3H3/b10-7-,11-8-,19-16-,20-17-,27-25-,28-26-,31-30-,34-33-,40-38-,49-46-. The number of rotatable bonds is 50. The van der Waals surface area contributed by atoms with Crippen molar-refractivity contribution in [1.82, 2.24) is 0 Å². The molecule has 0 heterocycles. The first-order valence-electron chi connectivity index (χ1n) is 28.5. The number of carbonyl (C=O) groups excluding carboxylic acids is 3. The second kappa shape index (κ2) is 57.4. The summed E-state index contributed by atoms with van der Waals surface area (Å²) in [5.41, 5.74) is 0. The number of allylic oxidation sites excluding steroid dienone is 20. The van der Waals surface area contributed by atoms with Crippen molar-refractivity contribution >= 4 is 17.9 Å². The predicted molar refractivity (Wildman–Crippen MR) is 302 cm³/mol. The summed E-state index contributed by atoms with van der Waals surface area (Å²) < 4.78 is 16.8. The van der Waals surface area contributed by atoms with Crippen molar-refractivity contribution in [2.24, 2.45) is 0 Å². The van der Waals surface area contributed by atoms with E-state index in [0.29, 0.717) is 19.3 Å². The summed E-state index contributed by atoms with van der Waals surface area (Å²) in [5, 5.41) is 0. The summed E-state index contributed by atoms with van der Waals surface area (Å²) in [5.74, 6) is -0.977. The molecule has 0 aliphatic rings. The minimum Gasteiger partial charge on any atom is -0.462 e.